The molecule has 0 amide bonds. The van der Waals surface area contributed by atoms with Crippen LogP contribution < -0.4 is 0 Å². The van der Waals surface area contributed by atoms with Crippen LogP contribution in [0, 0.1) is 0 Å². The Hall–Kier alpha value is -1.91. The van der Waals surface area contributed by atoms with E-state index in [1.807, 2.05) is 30.3 Å². The van der Waals surface area contributed by atoms with Gasteiger partial charge in [-0.1, -0.05) is 46.3 Å². The van der Waals surface area contributed by atoms with E-state index >= 15 is 0 Å². The number of carbonyl (C=O) groups excluding carboxylic acids is 1. The average molecular weight is 345 g/mol. The first-order valence-electron chi connectivity index (χ1n) is 6.57. The van der Waals surface area contributed by atoms with Crippen molar-refractivity contribution in [1.82, 2.24) is 0 Å². The molecule has 0 unspecified atom stereocenters. The molecule has 1 aliphatic carbocycles. The van der Waals surface area contributed by atoms with Gasteiger partial charge in [-0.25, -0.2) is 4.79 Å². The third-order valence-electron chi connectivity index (χ3n) is 3.41. The maximum absolute atomic E-state index is 12.1. The molecular weight excluding hydrogens is 332 g/mol. The normalized spacial score (nSPS) is 19.9. The molecule has 3 nitrogen and oxygen atoms in total. The van der Waals surface area contributed by atoms with E-state index in [0.29, 0.717) is 5.56 Å². The van der Waals surface area contributed by atoms with Gasteiger partial charge >= 0.3 is 5.97 Å². The molecule has 2 atom stereocenters. The maximum Gasteiger partial charge on any atom is 0.338 e. The second-order valence-electron chi connectivity index (χ2n) is 4.81. The van der Waals surface area contributed by atoms with E-state index in [1.165, 1.54) is 0 Å². The number of aliphatic hydroxyl groups is 1. The van der Waals surface area contributed by atoms with Crippen molar-refractivity contribution in [3.63, 3.8) is 0 Å². The number of halogens is 1. The van der Waals surface area contributed by atoms with Gasteiger partial charge in [-0.05, 0) is 41.5 Å². The highest BCUT2D eigenvalue weighted by Crippen LogP contribution is 2.30. The SMILES string of the molecule is O=C(O[C@H]1C=Cc2ccccc2[C@@H]1O)c1ccc(Br)cc1. The Labute approximate surface area is 131 Å². The summed E-state index contributed by atoms with van der Waals surface area (Å²) >= 11 is 3.32. The largest absolute Gasteiger partial charge is 0.451 e. The van der Waals surface area contributed by atoms with Gasteiger partial charge in [0.05, 0.1) is 5.56 Å². The quantitative estimate of drug-likeness (QED) is 0.844. The minimum atomic E-state index is -0.842. The Morgan fingerprint density at radius 2 is 1.81 bits per heavy atom. The highest BCUT2D eigenvalue weighted by atomic mass is 79.9. The lowest BCUT2D eigenvalue weighted by atomic mass is 9.93. The van der Waals surface area contributed by atoms with Gasteiger partial charge in [-0.2, -0.15) is 0 Å². The van der Waals surface area contributed by atoms with E-state index in [2.05, 4.69) is 15.9 Å². The molecule has 3 rings (SSSR count). The minimum Gasteiger partial charge on any atom is -0.451 e. The number of hydrogen-bond donors (Lipinski definition) is 1. The fraction of sp³-hybridized carbons (Fsp3) is 0.118. The van der Waals surface area contributed by atoms with Crippen LogP contribution in [-0.2, 0) is 4.74 Å². The summed E-state index contributed by atoms with van der Waals surface area (Å²) in [5, 5.41) is 10.3. The number of fused-ring (bicyclic) bond motifs is 1. The lowest BCUT2D eigenvalue weighted by Crippen LogP contribution is -2.26. The lowest BCUT2D eigenvalue weighted by molar-refractivity contribution is -0.00116. The molecule has 0 fully saturated rings. The molecule has 0 saturated heterocycles. The maximum atomic E-state index is 12.1. The Morgan fingerprint density at radius 1 is 1.10 bits per heavy atom. The van der Waals surface area contributed by atoms with Gasteiger partial charge in [0.2, 0.25) is 0 Å². The van der Waals surface area contributed by atoms with E-state index < -0.39 is 18.2 Å². The zero-order valence-electron chi connectivity index (χ0n) is 11.1. The summed E-state index contributed by atoms with van der Waals surface area (Å²) in [7, 11) is 0. The molecule has 0 heterocycles. The van der Waals surface area contributed by atoms with Crippen LogP contribution in [-0.4, -0.2) is 17.2 Å². The first-order valence-corrected chi connectivity index (χ1v) is 7.36. The van der Waals surface area contributed by atoms with Gasteiger partial charge in [0.1, 0.15) is 6.10 Å². The summed E-state index contributed by atoms with van der Waals surface area (Å²) in [4.78, 5) is 12.1. The van der Waals surface area contributed by atoms with Crippen molar-refractivity contribution in [3.8, 4) is 0 Å². The van der Waals surface area contributed by atoms with Crippen molar-refractivity contribution < 1.29 is 14.6 Å². The standard InChI is InChI=1S/C17H13BrO3/c18-13-8-5-12(6-9-13)17(20)21-15-10-7-11-3-1-2-4-14(11)16(15)19/h1-10,15-16,19H/t15-,16-/m0/s1. The highest BCUT2D eigenvalue weighted by molar-refractivity contribution is 9.10. The van der Waals surface area contributed by atoms with Crippen molar-refractivity contribution in [2.45, 2.75) is 12.2 Å². The summed E-state index contributed by atoms with van der Waals surface area (Å²) in [6.07, 6.45) is 2.06. The lowest BCUT2D eigenvalue weighted by Gasteiger charge is -2.25. The Morgan fingerprint density at radius 3 is 2.57 bits per heavy atom. The van der Waals surface area contributed by atoms with Crippen LogP contribution in [0.3, 0.4) is 0 Å². The van der Waals surface area contributed by atoms with Crippen molar-refractivity contribution in [3.05, 3.63) is 75.8 Å². The molecule has 1 aliphatic rings. The molecule has 2 aromatic carbocycles. The molecule has 0 aromatic heterocycles. The first-order chi connectivity index (χ1) is 10.1. The molecule has 0 saturated carbocycles. The predicted octanol–water partition coefficient (Wildman–Crippen LogP) is 3.73. The van der Waals surface area contributed by atoms with Gasteiger partial charge < -0.3 is 9.84 Å². The molecule has 1 N–H and O–H groups in total. The van der Waals surface area contributed by atoms with Crippen LogP contribution in [0.5, 0.6) is 0 Å². The summed E-state index contributed by atoms with van der Waals surface area (Å²) in [6, 6.07) is 14.4. The van der Waals surface area contributed by atoms with Crippen molar-refractivity contribution in [1.29, 1.82) is 0 Å². The van der Waals surface area contributed by atoms with Gasteiger partial charge in [0.15, 0.2) is 6.10 Å². The van der Waals surface area contributed by atoms with E-state index in [9.17, 15) is 9.90 Å². The van der Waals surface area contributed by atoms with Crippen LogP contribution in [0.2, 0.25) is 0 Å². The summed E-state index contributed by atoms with van der Waals surface area (Å²) in [5.41, 5.74) is 2.17. The zero-order valence-corrected chi connectivity index (χ0v) is 12.7. The molecule has 0 radical (unpaired) electrons. The average Bonchev–Trinajstić information content (AvgIpc) is 2.51. The monoisotopic (exact) mass is 344 g/mol. The molecule has 21 heavy (non-hydrogen) atoms. The molecular formula is C17H13BrO3. The Balaban J connectivity index is 1.77. The molecule has 4 heteroatoms. The summed E-state index contributed by atoms with van der Waals surface area (Å²) < 4.78 is 6.29. The van der Waals surface area contributed by atoms with Crippen LogP contribution in [0.15, 0.2) is 59.1 Å². The third-order valence-corrected chi connectivity index (χ3v) is 3.94. The van der Waals surface area contributed by atoms with Gasteiger partial charge in [0.25, 0.3) is 0 Å². The van der Waals surface area contributed by atoms with Gasteiger partial charge in [-0.3, -0.25) is 0 Å². The number of rotatable bonds is 2. The van der Waals surface area contributed by atoms with Crippen LogP contribution >= 0.6 is 15.9 Å². The van der Waals surface area contributed by atoms with Crippen molar-refractivity contribution in [2.75, 3.05) is 0 Å². The molecule has 0 aliphatic heterocycles. The number of aliphatic hydroxyl groups excluding tert-OH is 1. The zero-order chi connectivity index (χ0) is 14.8. The Kier molecular flexibility index (Phi) is 3.90. The van der Waals surface area contributed by atoms with Crippen molar-refractivity contribution in [2.24, 2.45) is 0 Å². The van der Waals surface area contributed by atoms with Gasteiger partial charge in [0, 0.05) is 4.47 Å². The summed E-state index contributed by atoms with van der Waals surface area (Å²) in [6.45, 7) is 0. The number of hydrogen-bond acceptors (Lipinski definition) is 3. The highest BCUT2D eigenvalue weighted by Gasteiger charge is 2.27. The van der Waals surface area contributed by atoms with Gasteiger partial charge in [-0.15, -0.1) is 0 Å². The second kappa shape index (κ2) is 5.84. The molecule has 0 spiro atoms. The number of esters is 1. The number of benzene rings is 2. The molecule has 2 aromatic rings. The predicted molar refractivity (Wildman–Crippen MR) is 83.8 cm³/mol. The van der Waals surface area contributed by atoms with E-state index in [0.717, 1.165) is 15.6 Å². The second-order valence-corrected chi connectivity index (χ2v) is 5.73. The topological polar surface area (TPSA) is 46.5 Å². The number of ether oxygens (including phenoxy) is 1. The van der Waals surface area contributed by atoms with E-state index in [1.54, 1.807) is 30.3 Å². The third kappa shape index (κ3) is 2.91. The minimum absolute atomic E-state index is 0.449. The fourth-order valence-electron chi connectivity index (χ4n) is 2.29. The van der Waals surface area contributed by atoms with E-state index in [4.69, 9.17) is 4.74 Å². The first kappa shape index (κ1) is 14.0. The van der Waals surface area contributed by atoms with E-state index in [-0.39, 0.29) is 0 Å². The van der Waals surface area contributed by atoms with Crippen LogP contribution in [0.4, 0.5) is 0 Å². The summed E-state index contributed by atoms with van der Waals surface area (Å²) in [5.74, 6) is -0.449. The Bertz CT molecular complexity index is 691. The fourth-order valence-corrected chi connectivity index (χ4v) is 2.56. The van der Waals surface area contributed by atoms with Crippen LogP contribution in [0.1, 0.15) is 27.6 Å². The van der Waals surface area contributed by atoms with Crippen molar-refractivity contribution >= 4 is 28.0 Å². The smallest absolute Gasteiger partial charge is 0.338 e. The number of carbonyl (C=O) groups is 1. The van der Waals surface area contributed by atoms with Crippen LogP contribution in [0.25, 0.3) is 6.08 Å². The molecule has 0 bridgehead atoms. The molecule has 106 valence electrons.